The Morgan fingerprint density at radius 1 is 1.45 bits per heavy atom. The topological polar surface area (TPSA) is 66.1 Å². The summed E-state index contributed by atoms with van der Waals surface area (Å²) in [5, 5.41) is 8.97. The minimum absolute atomic E-state index is 0.174. The molecular formula is C14H13N3O2S3. The number of carbonyl (C=O) groups is 1. The van der Waals surface area contributed by atoms with Gasteiger partial charge in [-0.1, -0.05) is 30.1 Å². The smallest absolute Gasteiger partial charge is 0.269 e. The van der Waals surface area contributed by atoms with Crippen molar-refractivity contribution >= 4 is 56.5 Å². The van der Waals surface area contributed by atoms with Gasteiger partial charge in [-0.3, -0.25) is 14.5 Å². The van der Waals surface area contributed by atoms with Crippen LogP contribution in [-0.4, -0.2) is 26.2 Å². The third kappa shape index (κ3) is 2.79. The number of carbonyl (C=O) groups excluding carboxylic acids is 1. The number of hydrogen-bond donors (Lipinski definition) is 0. The number of allylic oxidation sites excluding steroid dienone is 2. The van der Waals surface area contributed by atoms with Crippen molar-refractivity contribution in [3.05, 3.63) is 31.2 Å². The van der Waals surface area contributed by atoms with Crippen LogP contribution in [0.25, 0.3) is 11.0 Å². The van der Waals surface area contributed by atoms with Crippen LogP contribution in [0.5, 0.6) is 0 Å². The lowest BCUT2D eigenvalue weighted by Crippen LogP contribution is -2.31. The summed E-state index contributed by atoms with van der Waals surface area (Å²) in [5.74, 6) is -0.174. The number of thiazole rings is 1. The second kappa shape index (κ2) is 6.60. The van der Waals surface area contributed by atoms with E-state index < -0.39 is 0 Å². The molecule has 0 aromatic carbocycles. The Labute approximate surface area is 140 Å². The third-order valence-corrected chi connectivity index (χ3v) is 5.86. The van der Waals surface area contributed by atoms with Crippen molar-refractivity contribution in [3.63, 3.8) is 0 Å². The summed E-state index contributed by atoms with van der Waals surface area (Å²) in [6, 6.07) is 2.01. The molecule has 1 aromatic rings. The maximum absolute atomic E-state index is 12.4. The van der Waals surface area contributed by atoms with Gasteiger partial charge in [0.05, 0.1) is 10.6 Å². The Morgan fingerprint density at radius 3 is 2.64 bits per heavy atom. The van der Waals surface area contributed by atoms with E-state index in [1.807, 2.05) is 13.0 Å². The van der Waals surface area contributed by atoms with E-state index in [2.05, 4.69) is 0 Å². The predicted octanol–water partition coefficient (Wildman–Crippen LogP) is 0.686. The number of aromatic nitrogens is 1. The molecule has 0 bridgehead atoms. The maximum atomic E-state index is 12.4. The first-order chi connectivity index (χ1) is 10.4. The number of amides is 1. The van der Waals surface area contributed by atoms with Crippen LogP contribution in [0, 0.1) is 11.3 Å². The molecule has 0 radical (unpaired) electrons. The van der Waals surface area contributed by atoms with E-state index in [1.165, 1.54) is 38.6 Å². The highest BCUT2D eigenvalue weighted by atomic mass is 32.2. The molecule has 1 aliphatic heterocycles. The Hall–Kier alpha value is -1.69. The Balaban J connectivity index is 2.74. The van der Waals surface area contributed by atoms with Gasteiger partial charge in [-0.05, 0) is 19.9 Å². The maximum Gasteiger partial charge on any atom is 0.269 e. The number of thiocarbonyl (C=S) groups is 1. The summed E-state index contributed by atoms with van der Waals surface area (Å²) in [6.45, 7) is 4.09. The molecule has 1 aromatic heterocycles. The summed E-state index contributed by atoms with van der Waals surface area (Å²) in [6.07, 6.45) is 3.17. The molecule has 1 aliphatic rings. The molecule has 2 rings (SSSR count). The minimum atomic E-state index is -0.226. The molecule has 5 nitrogen and oxygen atoms in total. The SMILES string of the molecule is C/C=C(C#N)/C=c1/s/c(=C2\SC(=S)N(CC)C2=O)n(C)c1=O. The first kappa shape index (κ1) is 16.7. The van der Waals surface area contributed by atoms with Crippen LogP contribution in [0.3, 0.4) is 0 Å². The molecule has 0 N–H and O–H groups in total. The fraction of sp³-hybridized carbons (Fsp3) is 0.286. The lowest BCUT2D eigenvalue weighted by molar-refractivity contribution is -0.120. The van der Waals surface area contributed by atoms with Crippen LogP contribution < -0.4 is 14.8 Å². The quantitative estimate of drug-likeness (QED) is 0.579. The lowest BCUT2D eigenvalue weighted by Gasteiger charge is -2.09. The molecule has 0 saturated carbocycles. The molecule has 22 heavy (non-hydrogen) atoms. The van der Waals surface area contributed by atoms with E-state index in [1.54, 1.807) is 20.0 Å². The Kier molecular flexibility index (Phi) is 5.01. The van der Waals surface area contributed by atoms with Gasteiger partial charge in [0.25, 0.3) is 11.5 Å². The van der Waals surface area contributed by atoms with E-state index in [9.17, 15) is 9.59 Å². The largest absolute Gasteiger partial charge is 0.301 e. The molecule has 1 fully saturated rings. The van der Waals surface area contributed by atoms with Gasteiger partial charge in [0, 0.05) is 19.2 Å². The average Bonchev–Trinajstić information content (AvgIpc) is 2.94. The zero-order chi connectivity index (χ0) is 16.4. The van der Waals surface area contributed by atoms with Crippen molar-refractivity contribution in [1.82, 2.24) is 9.47 Å². The number of nitrogens with zero attached hydrogens (tertiary/aromatic N) is 3. The van der Waals surface area contributed by atoms with Crippen LogP contribution in [0.15, 0.2) is 16.4 Å². The highest BCUT2D eigenvalue weighted by Gasteiger charge is 2.32. The molecular weight excluding hydrogens is 338 g/mol. The first-order valence-electron chi connectivity index (χ1n) is 6.46. The van der Waals surface area contributed by atoms with Crippen molar-refractivity contribution in [1.29, 1.82) is 5.26 Å². The van der Waals surface area contributed by atoms with E-state index in [-0.39, 0.29) is 11.5 Å². The summed E-state index contributed by atoms with van der Waals surface area (Å²) in [5.41, 5.74) is 0.183. The van der Waals surface area contributed by atoms with Crippen molar-refractivity contribution in [2.45, 2.75) is 13.8 Å². The highest BCUT2D eigenvalue weighted by molar-refractivity contribution is 8.30. The van der Waals surface area contributed by atoms with Gasteiger partial charge in [0.2, 0.25) is 0 Å². The van der Waals surface area contributed by atoms with E-state index in [0.29, 0.717) is 30.5 Å². The molecule has 1 amide bonds. The van der Waals surface area contributed by atoms with Gasteiger partial charge in [0.1, 0.15) is 13.9 Å². The molecule has 0 atom stereocenters. The molecule has 0 spiro atoms. The van der Waals surface area contributed by atoms with Crippen molar-refractivity contribution in [3.8, 4) is 6.07 Å². The number of rotatable bonds is 2. The van der Waals surface area contributed by atoms with E-state index in [4.69, 9.17) is 17.5 Å². The van der Waals surface area contributed by atoms with Crippen LogP contribution in [-0.2, 0) is 11.8 Å². The Bertz CT molecular complexity index is 899. The summed E-state index contributed by atoms with van der Waals surface area (Å²) in [4.78, 5) is 26.6. The lowest BCUT2D eigenvalue weighted by atomic mass is 10.3. The number of hydrogen-bond acceptors (Lipinski definition) is 6. The van der Waals surface area contributed by atoms with Gasteiger partial charge in [-0.2, -0.15) is 5.26 Å². The second-order valence-corrected chi connectivity index (χ2v) is 7.06. The van der Waals surface area contributed by atoms with Crippen LogP contribution >= 0.6 is 35.3 Å². The van der Waals surface area contributed by atoms with Gasteiger partial charge in [-0.15, -0.1) is 11.3 Å². The van der Waals surface area contributed by atoms with Crippen molar-refractivity contribution in [2.24, 2.45) is 7.05 Å². The number of nitriles is 1. The molecule has 2 heterocycles. The van der Waals surface area contributed by atoms with E-state index in [0.717, 1.165) is 0 Å². The molecule has 1 saturated heterocycles. The normalized spacial score (nSPS) is 19.1. The standard InChI is InChI=1S/C14H13N3O2S3/c1-4-8(7-15)6-9-11(18)16(3)13(21-9)10-12(19)17(5-2)14(20)22-10/h4,6H,5H2,1-3H3/b8-4-,9-6+,13-10-. The summed E-state index contributed by atoms with van der Waals surface area (Å²) in [7, 11) is 1.62. The van der Waals surface area contributed by atoms with Gasteiger partial charge < -0.3 is 4.57 Å². The van der Waals surface area contributed by atoms with Crippen LogP contribution in [0.1, 0.15) is 13.8 Å². The van der Waals surface area contributed by atoms with E-state index >= 15 is 0 Å². The summed E-state index contributed by atoms with van der Waals surface area (Å²) < 4.78 is 2.93. The third-order valence-electron chi connectivity index (χ3n) is 3.11. The first-order valence-corrected chi connectivity index (χ1v) is 8.50. The zero-order valence-corrected chi connectivity index (χ0v) is 14.7. The predicted molar refractivity (Wildman–Crippen MR) is 93.6 cm³/mol. The zero-order valence-electron chi connectivity index (χ0n) is 12.2. The average molecular weight is 351 g/mol. The molecule has 0 unspecified atom stereocenters. The Morgan fingerprint density at radius 2 is 2.14 bits per heavy atom. The van der Waals surface area contributed by atoms with Gasteiger partial charge in [-0.25, -0.2) is 0 Å². The fourth-order valence-electron chi connectivity index (χ4n) is 1.88. The van der Waals surface area contributed by atoms with Crippen molar-refractivity contribution < 1.29 is 4.79 Å². The molecule has 114 valence electrons. The minimum Gasteiger partial charge on any atom is -0.301 e. The number of thioether (sulfide) groups is 1. The highest BCUT2D eigenvalue weighted by Crippen LogP contribution is 2.30. The molecule has 8 heteroatoms. The monoisotopic (exact) mass is 351 g/mol. The fourth-order valence-corrected chi connectivity index (χ4v) is 4.53. The van der Waals surface area contributed by atoms with Crippen LogP contribution in [0.4, 0.5) is 0 Å². The van der Waals surface area contributed by atoms with Crippen LogP contribution in [0.2, 0.25) is 0 Å². The van der Waals surface area contributed by atoms with Gasteiger partial charge >= 0.3 is 0 Å². The molecule has 0 aliphatic carbocycles. The summed E-state index contributed by atoms with van der Waals surface area (Å²) >= 11 is 7.60. The van der Waals surface area contributed by atoms with Crippen molar-refractivity contribution in [2.75, 3.05) is 6.54 Å². The second-order valence-electron chi connectivity index (χ2n) is 4.38. The van der Waals surface area contributed by atoms with Gasteiger partial charge in [0.15, 0.2) is 0 Å².